The lowest BCUT2D eigenvalue weighted by molar-refractivity contribution is -0.125. The quantitative estimate of drug-likeness (QED) is 0.517. The van der Waals surface area contributed by atoms with Crippen molar-refractivity contribution in [1.82, 2.24) is 19.3 Å². The van der Waals surface area contributed by atoms with Gasteiger partial charge in [-0.25, -0.2) is 9.97 Å². The summed E-state index contributed by atoms with van der Waals surface area (Å²) in [6.07, 6.45) is 3.81. The summed E-state index contributed by atoms with van der Waals surface area (Å²) in [6, 6.07) is 7.30. The highest BCUT2D eigenvalue weighted by Gasteiger charge is 2.30. The Balaban J connectivity index is 1.75. The fourth-order valence-corrected chi connectivity index (χ4v) is 3.79. The summed E-state index contributed by atoms with van der Waals surface area (Å²) in [5.74, 6) is 8.34. The van der Waals surface area contributed by atoms with Crippen LogP contribution < -0.4 is 15.2 Å². The first-order chi connectivity index (χ1) is 15.0. The van der Waals surface area contributed by atoms with E-state index in [1.54, 1.807) is 35.8 Å². The largest absolute Gasteiger partial charge is 0.497 e. The molecule has 1 fully saturated rings. The van der Waals surface area contributed by atoms with Crippen molar-refractivity contribution in [1.29, 1.82) is 0 Å². The fraction of sp³-hybridized carbons (Fsp3) is 0.261. The van der Waals surface area contributed by atoms with Gasteiger partial charge in [-0.3, -0.25) is 9.20 Å². The average Bonchev–Trinajstić information content (AvgIpc) is 3.42. The molecule has 158 valence electrons. The molecule has 2 N–H and O–H groups in total. The topological polar surface area (TPSA) is 95.0 Å². The minimum absolute atomic E-state index is 0.0702. The second-order valence-electron chi connectivity index (χ2n) is 7.17. The molecule has 8 heteroatoms. The van der Waals surface area contributed by atoms with Crippen LogP contribution in [0.4, 0.5) is 5.95 Å². The van der Waals surface area contributed by atoms with Gasteiger partial charge in [0.2, 0.25) is 11.9 Å². The summed E-state index contributed by atoms with van der Waals surface area (Å²) in [6.45, 7) is 4.82. The summed E-state index contributed by atoms with van der Waals surface area (Å²) in [4.78, 5) is 22.8. The Hall–Kier alpha value is -3.99. The molecule has 1 atom stereocenters. The molecular weight excluding hydrogens is 394 g/mol. The van der Waals surface area contributed by atoms with E-state index in [1.807, 2.05) is 18.2 Å². The number of hydrogen-bond donors (Lipinski definition) is 1. The maximum Gasteiger partial charge on any atom is 0.245 e. The van der Waals surface area contributed by atoms with Crippen molar-refractivity contribution in [3.8, 4) is 23.3 Å². The van der Waals surface area contributed by atoms with E-state index in [9.17, 15) is 4.79 Å². The molecule has 0 saturated carbocycles. The van der Waals surface area contributed by atoms with E-state index in [2.05, 4.69) is 23.4 Å². The molecule has 4 rings (SSSR count). The Morgan fingerprint density at radius 3 is 2.68 bits per heavy atom. The van der Waals surface area contributed by atoms with E-state index in [-0.39, 0.29) is 11.8 Å². The van der Waals surface area contributed by atoms with Gasteiger partial charge in [-0.2, -0.15) is 0 Å². The van der Waals surface area contributed by atoms with Crippen LogP contribution in [-0.4, -0.2) is 52.5 Å². The second-order valence-corrected chi connectivity index (χ2v) is 7.17. The van der Waals surface area contributed by atoms with Crippen LogP contribution in [0.25, 0.3) is 5.52 Å². The van der Waals surface area contributed by atoms with E-state index in [0.29, 0.717) is 36.4 Å². The number of likely N-dealkylation sites (tertiary alicyclic amines) is 1. The zero-order chi connectivity index (χ0) is 22.0. The maximum absolute atomic E-state index is 12.0. The number of benzene rings is 1. The molecule has 1 amide bonds. The lowest BCUT2D eigenvalue weighted by Gasteiger charge is -2.13. The SMILES string of the molecule is C=CC(=O)N1CC[C@H](c2nc(C#Cc3cc(OC)cc(OC)c3)n3c(N)nccc23)C1. The van der Waals surface area contributed by atoms with Crippen LogP contribution in [0.5, 0.6) is 11.5 Å². The predicted molar refractivity (Wildman–Crippen MR) is 117 cm³/mol. The molecule has 1 aliphatic rings. The van der Waals surface area contributed by atoms with Crippen molar-refractivity contribution >= 4 is 17.4 Å². The maximum atomic E-state index is 12.0. The molecule has 1 aliphatic heterocycles. The fourth-order valence-electron chi connectivity index (χ4n) is 3.79. The Kier molecular flexibility index (Phi) is 5.50. The van der Waals surface area contributed by atoms with Crippen molar-refractivity contribution < 1.29 is 14.3 Å². The highest BCUT2D eigenvalue weighted by molar-refractivity contribution is 5.87. The standard InChI is InChI=1S/C23H23N5O3/c1-4-21(29)27-10-8-16(14-27)22-19-7-9-25-23(24)28(19)20(26-22)6-5-15-11-17(30-2)13-18(12-15)31-3/h4,7,9,11-13,16H,1,8,10,14H2,2-3H3,(H2,24,25)/t16-/m0/s1. The first-order valence-electron chi connectivity index (χ1n) is 9.83. The smallest absolute Gasteiger partial charge is 0.245 e. The van der Waals surface area contributed by atoms with Gasteiger partial charge in [-0.1, -0.05) is 12.5 Å². The lowest BCUT2D eigenvalue weighted by atomic mass is 10.0. The van der Waals surface area contributed by atoms with Gasteiger partial charge in [0.1, 0.15) is 11.5 Å². The molecule has 0 bridgehead atoms. The zero-order valence-corrected chi connectivity index (χ0v) is 17.5. The molecule has 31 heavy (non-hydrogen) atoms. The molecule has 0 unspecified atom stereocenters. The number of carbonyl (C=O) groups excluding carboxylic acids is 1. The number of anilines is 1. The third kappa shape index (κ3) is 3.90. The highest BCUT2D eigenvalue weighted by Crippen LogP contribution is 2.31. The van der Waals surface area contributed by atoms with E-state index in [1.165, 1.54) is 6.08 Å². The van der Waals surface area contributed by atoms with Gasteiger partial charge < -0.3 is 20.1 Å². The van der Waals surface area contributed by atoms with Crippen molar-refractivity contribution in [2.45, 2.75) is 12.3 Å². The average molecular weight is 417 g/mol. The molecule has 3 heterocycles. The number of methoxy groups -OCH3 is 2. The van der Waals surface area contributed by atoms with Crippen LogP contribution in [0.15, 0.2) is 43.1 Å². The van der Waals surface area contributed by atoms with Crippen molar-refractivity contribution in [2.75, 3.05) is 33.0 Å². The van der Waals surface area contributed by atoms with E-state index in [0.717, 1.165) is 23.2 Å². The number of nitrogen functional groups attached to an aromatic ring is 1. The monoisotopic (exact) mass is 417 g/mol. The molecule has 0 spiro atoms. The van der Waals surface area contributed by atoms with Gasteiger partial charge in [0, 0.05) is 36.8 Å². The number of hydrogen-bond acceptors (Lipinski definition) is 6. The summed E-state index contributed by atoms with van der Waals surface area (Å²) in [5, 5.41) is 0. The Morgan fingerprint density at radius 1 is 1.26 bits per heavy atom. The number of nitrogens with zero attached hydrogens (tertiary/aromatic N) is 4. The predicted octanol–water partition coefficient (Wildman–Crippen LogP) is 2.23. The Morgan fingerprint density at radius 2 is 2.00 bits per heavy atom. The van der Waals surface area contributed by atoms with Crippen molar-refractivity contribution in [3.05, 3.63) is 60.2 Å². The Bertz CT molecular complexity index is 1200. The van der Waals surface area contributed by atoms with Gasteiger partial charge in [0.05, 0.1) is 25.4 Å². The first-order valence-corrected chi connectivity index (χ1v) is 9.83. The number of amides is 1. The van der Waals surface area contributed by atoms with Crippen LogP contribution in [-0.2, 0) is 4.79 Å². The lowest BCUT2D eigenvalue weighted by Crippen LogP contribution is -2.26. The number of aromatic nitrogens is 3. The van der Waals surface area contributed by atoms with Gasteiger partial charge in [0.25, 0.3) is 0 Å². The van der Waals surface area contributed by atoms with Crippen LogP contribution in [0.1, 0.15) is 29.4 Å². The first kappa shape index (κ1) is 20.3. The number of ether oxygens (including phenoxy) is 2. The minimum Gasteiger partial charge on any atom is -0.497 e. The summed E-state index contributed by atoms with van der Waals surface area (Å²) >= 11 is 0. The molecular formula is C23H23N5O3. The number of fused-ring (bicyclic) bond motifs is 1. The summed E-state index contributed by atoms with van der Waals surface area (Å²) < 4.78 is 12.4. The summed E-state index contributed by atoms with van der Waals surface area (Å²) in [5.41, 5.74) is 8.58. The second kappa shape index (κ2) is 8.40. The summed E-state index contributed by atoms with van der Waals surface area (Å²) in [7, 11) is 3.18. The zero-order valence-electron chi connectivity index (χ0n) is 17.5. The van der Waals surface area contributed by atoms with Gasteiger partial charge in [-0.15, -0.1) is 0 Å². The normalized spacial score (nSPS) is 15.4. The molecule has 2 aromatic heterocycles. The number of nitrogens with two attached hydrogens (primary N) is 1. The molecule has 0 aliphatic carbocycles. The van der Waals surface area contributed by atoms with Gasteiger partial charge in [0.15, 0.2) is 5.82 Å². The van der Waals surface area contributed by atoms with E-state index >= 15 is 0 Å². The van der Waals surface area contributed by atoms with Crippen LogP contribution in [0.2, 0.25) is 0 Å². The minimum atomic E-state index is -0.0702. The van der Waals surface area contributed by atoms with E-state index < -0.39 is 0 Å². The molecule has 0 radical (unpaired) electrons. The third-order valence-electron chi connectivity index (χ3n) is 5.34. The molecule has 8 nitrogen and oxygen atoms in total. The van der Waals surface area contributed by atoms with Crippen LogP contribution in [0.3, 0.4) is 0 Å². The molecule has 3 aromatic rings. The van der Waals surface area contributed by atoms with Gasteiger partial charge >= 0.3 is 0 Å². The number of carbonyl (C=O) groups is 1. The molecule has 1 saturated heterocycles. The van der Waals surface area contributed by atoms with Crippen molar-refractivity contribution in [2.24, 2.45) is 0 Å². The highest BCUT2D eigenvalue weighted by atomic mass is 16.5. The Labute approximate surface area is 180 Å². The van der Waals surface area contributed by atoms with Crippen LogP contribution in [0, 0.1) is 11.8 Å². The molecule has 1 aromatic carbocycles. The third-order valence-corrected chi connectivity index (χ3v) is 5.34. The van der Waals surface area contributed by atoms with Gasteiger partial charge in [-0.05, 0) is 36.6 Å². The number of imidazole rings is 1. The number of rotatable bonds is 4. The van der Waals surface area contributed by atoms with Crippen molar-refractivity contribution in [3.63, 3.8) is 0 Å². The van der Waals surface area contributed by atoms with Crippen LogP contribution >= 0.6 is 0 Å². The van der Waals surface area contributed by atoms with E-state index in [4.69, 9.17) is 20.2 Å².